The average molecular weight is 201 g/mol. The topological polar surface area (TPSA) is 72.5 Å². The smallest absolute Gasteiger partial charge is 0.306 e. The first kappa shape index (κ1) is 11.5. The monoisotopic (exact) mass is 201 g/mol. The maximum absolute atomic E-state index is 11.4. The Morgan fingerprint density at radius 2 is 2.14 bits per heavy atom. The fourth-order valence-corrected chi connectivity index (χ4v) is 1.58. The first-order chi connectivity index (χ1) is 6.29. The summed E-state index contributed by atoms with van der Waals surface area (Å²) in [5.41, 5.74) is 5.19. The van der Waals surface area contributed by atoms with E-state index in [-0.39, 0.29) is 24.3 Å². The molecule has 1 aliphatic rings. The molecule has 0 aromatic heterocycles. The lowest BCUT2D eigenvalue weighted by molar-refractivity contribution is -0.159. The molecule has 0 unspecified atom stereocenters. The normalized spacial score (nSPS) is 32.2. The third kappa shape index (κ3) is 2.96. The molecule has 1 fully saturated rings. The first-order valence-corrected chi connectivity index (χ1v) is 4.95. The molecule has 14 heavy (non-hydrogen) atoms. The molecule has 0 aromatic carbocycles. The Kier molecular flexibility index (Phi) is 3.17. The van der Waals surface area contributed by atoms with Gasteiger partial charge in [-0.3, -0.25) is 4.79 Å². The summed E-state index contributed by atoms with van der Waals surface area (Å²) in [7, 11) is 0. The van der Waals surface area contributed by atoms with Gasteiger partial charge in [-0.15, -0.1) is 0 Å². The third-order valence-corrected chi connectivity index (χ3v) is 2.38. The van der Waals surface area contributed by atoms with Gasteiger partial charge in [-0.25, -0.2) is 0 Å². The Bertz CT molecular complexity index is 214. The van der Waals surface area contributed by atoms with Crippen LogP contribution < -0.4 is 5.73 Å². The van der Waals surface area contributed by atoms with Crippen LogP contribution in [0.25, 0.3) is 0 Å². The Morgan fingerprint density at radius 3 is 2.50 bits per heavy atom. The van der Waals surface area contributed by atoms with Crippen LogP contribution in [0.2, 0.25) is 0 Å². The number of aliphatic hydroxyl groups is 1. The maximum Gasteiger partial charge on any atom is 0.306 e. The lowest BCUT2D eigenvalue weighted by atomic mass is 9.75. The molecule has 1 aliphatic carbocycles. The second-order valence-corrected chi connectivity index (χ2v) is 4.92. The number of hydrogen-bond acceptors (Lipinski definition) is 4. The van der Waals surface area contributed by atoms with Gasteiger partial charge in [-0.05, 0) is 27.2 Å². The minimum Gasteiger partial charge on any atom is -0.460 e. The van der Waals surface area contributed by atoms with Crippen molar-refractivity contribution in [3.05, 3.63) is 0 Å². The van der Waals surface area contributed by atoms with Gasteiger partial charge in [0.1, 0.15) is 5.60 Å². The van der Waals surface area contributed by atoms with Crippen LogP contribution in [0.1, 0.15) is 33.6 Å². The summed E-state index contributed by atoms with van der Waals surface area (Å²) in [6.45, 7) is 5.46. The fourth-order valence-electron chi connectivity index (χ4n) is 1.58. The van der Waals surface area contributed by atoms with Gasteiger partial charge in [0.05, 0.1) is 12.5 Å². The summed E-state index contributed by atoms with van der Waals surface area (Å²) in [6, 6.07) is -0.0579. The molecule has 3 atom stereocenters. The van der Waals surface area contributed by atoms with Crippen LogP contribution in [0.4, 0.5) is 0 Å². The molecule has 4 nitrogen and oxygen atoms in total. The molecule has 0 heterocycles. The van der Waals surface area contributed by atoms with E-state index in [1.165, 1.54) is 0 Å². The molecule has 1 saturated carbocycles. The van der Waals surface area contributed by atoms with Gasteiger partial charge in [0.2, 0.25) is 0 Å². The van der Waals surface area contributed by atoms with Gasteiger partial charge < -0.3 is 15.6 Å². The van der Waals surface area contributed by atoms with Gasteiger partial charge in [0.25, 0.3) is 0 Å². The van der Waals surface area contributed by atoms with Crippen LogP contribution in [0.3, 0.4) is 0 Å². The van der Waals surface area contributed by atoms with E-state index in [2.05, 4.69) is 0 Å². The molecule has 4 heteroatoms. The molecule has 0 saturated heterocycles. The zero-order valence-electron chi connectivity index (χ0n) is 8.99. The minimum atomic E-state index is -0.462. The molecule has 3 N–H and O–H groups in total. The van der Waals surface area contributed by atoms with Crippen LogP contribution in [-0.4, -0.2) is 28.8 Å². The Morgan fingerprint density at radius 1 is 1.57 bits per heavy atom. The Balaban J connectivity index is 2.34. The standard InChI is InChI=1S/C10H19NO3/c1-10(2,3)14-9(13)4-6-7(11)5-8(6)12/h6-8,12H,4-5,11H2,1-3H3/t6-,7+,8-/m1/s1. The van der Waals surface area contributed by atoms with Crippen LogP contribution in [0.15, 0.2) is 0 Å². The summed E-state index contributed by atoms with van der Waals surface area (Å²) in [4.78, 5) is 11.4. The van der Waals surface area contributed by atoms with Crippen molar-refractivity contribution in [3.8, 4) is 0 Å². The molecular weight excluding hydrogens is 182 g/mol. The highest BCUT2D eigenvalue weighted by Crippen LogP contribution is 2.30. The summed E-state index contributed by atoms with van der Waals surface area (Å²) in [5, 5.41) is 9.34. The van der Waals surface area contributed by atoms with E-state index in [9.17, 15) is 9.90 Å². The second kappa shape index (κ2) is 3.87. The van der Waals surface area contributed by atoms with E-state index in [1.54, 1.807) is 0 Å². The quantitative estimate of drug-likeness (QED) is 0.635. The van der Waals surface area contributed by atoms with Gasteiger partial charge in [0, 0.05) is 12.0 Å². The molecule has 0 bridgehead atoms. The third-order valence-electron chi connectivity index (χ3n) is 2.38. The highest BCUT2D eigenvalue weighted by molar-refractivity contribution is 5.70. The molecule has 0 radical (unpaired) electrons. The van der Waals surface area contributed by atoms with E-state index < -0.39 is 11.7 Å². The first-order valence-electron chi connectivity index (χ1n) is 4.95. The van der Waals surface area contributed by atoms with Crippen molar-refractivity contribution in [3.63, 3.8) is 0 Å². The molecular formula is C10H19NO3. The van der Waals surface area contributed by atoms with Gasteiger partial charge in [-0.2, -0.15) is 0 Å². The molecule has 0 amide bonds. The molecule has 0 spiro atoms. The number of aliphatic hydroxyl groups excluding tert-OH is 1. The molecule has 0 aliphatic heterocycles. The predicted octanol–water partition coefficient (Wildman–Crippen LogP) is 0.426. The van der Waals surface area contributed by atoms with Gasteiger partial charge >= 0.3 is 5.97 Å². The Hall–Kier alpha value is -0.610. The fraction of sp³-hybridized carbons (Fsp3) is 0.900. The van der Waals surface area contributed by atoms with E-state index in [4.69, 9.17) is 10.5 Å². The SMILES string of the molecule is CC(C)(C)OC(=O)C[C@H]1[C@H](O)C[C@@H]1N. The average Bonchev–Trinajstić information content (AvgIpc) is 1.98. The lowest BCUT2D eigenvalue weighted by Crippen LogP contribution is -2.52. The van der Waals surface area contributed by atoms with Crippen molar-refractivity contribution in [2.75, 3.05) is 0 Å². The predicted molar refractivity (Wildman–Crippen MR) is 52.6 cm³/mol. The molecule has 82 valence electrons. The van der Waals surface area contributed by atoms with E-state index >= 15 is 0 Å². The number of ether oxygens (including phenoxy) is 1. The molecule has 0 aromatic rings. The zero-order chi connectivity index (χ0) is 10.9. The zero-order valence-corrected chi connectivity index (χ0v) is 8.99. The van der Waals surface area contributed by atoms with E-state index in [0.29, 0.717) is 6.42 Å². The van der Waals surface area contributed by atoms with Crippen molar-refractivity contribution in [1.29, 1.82) is 0 Å². The number of esters is 1. The highest BCUT2D eigenvalue weighted by atomic mass is 16.6. The number of rotatable bonds is 2. The van der Waals surface area contributed by atoms with Crippen molar-refractivity contribution in [1.82, 2.24) is 0 Å². The lowest BCUT2D eigenvalue weighted by Gasteiger charge is -2.39. The van der Waals surface area contributed by atoms with Crippen LogP contribution in [-0.2, 0) is 9.53 Å². The van der Waals surface area contributed by atoms with Gasteiger partial charge in [-0.1, -0.05) is 0 Å². The second-order valence-electron chi connectivity index (χ2n) is 4.92. The van der Waals surface area contributed by atoms with Crippen molar-refractivity contribution in [2.45, 2.75) is 51.4 Å². The van der Waals surface area contributed by atoms with Crippen LogP contribution in [0, 0.1) is 5.92 Å². The summed E-state index contributed by atoms with van der Waals surface area (Å²) >= 11 is 0. The van der Waals surface area contributed by atoms with Crippen LogP contribution >= 0.6 is 0 Å². The number of carbonyl (C=O) groups excluding carboxylic acids is 1. The minimum absolute atomic E-state index is 0.0579. The van der Waals surface area contributed by atoms with E-state index in [1.807, 2.05) is 20.8 Å². The summed E-state index contributed by atoms with van der Waals surface area (Å²) in [5.74, 6) is -0.401. The molecule has 1 rings (SSSR count). The number of carbonyl (C=O) groups is 1. The van der Waals surface area contributed by atoms with Crippen molar-refractivity contribution in [2.24, 2.45) is 11.7 Å². The summed E-state index contributed by atoms with van der Waals surface area (Å²) in [6.07, 6.45) is 0.380. The van der Waals surface area contributed by atoms with Crippen LogP contribution in [0.5, 0.6) is 0 Å². The largest absolute Gasteiger partial charge is 0.460 e. The summed E-state index contributed by atoms with van der Waals surface area (Å²) < 4.78 is 5.14. The van der Waals surface area contributed by atoms with Gasteiger partial charge in [0.15, 0.2) is 0 Å². The number of hydrogen-bond donors (Lipinski definition) is 2. The van der Waals surface area contributed by atoms with Crippen molar-refractivity contribution < 1.29 is 14.6 Å². The number of nitrogens with two attached hydrogens (primary N) is 1. The van der Waals surface area contributed by atoms with E-state index in [0.717, 1.165) is 0 Å². The highest BCUT2D eigenvalue weighted by Gasteiger charge is 2.39. The maximum atomic E-state index is 11.4. The van der Waals surface area contributed by atoms with Crippen molar-refractivity contribution >= 4 is 5.97 Å². The Labute approximate surface area is 84.4 Å².